The fraction of sp³-hybridized carbons (Fsp3) is 0.0526. The number of hydrogen-bond acceptors (Lipinski definition) is 5. The number of methoxy groups -OCH3 is 1. The molecular formula is C19H14ClN3OS. The van der Waals surface area contributed by atoms with Gasteiger partial charge in [0.05, 0.1) is 18.2 Å². The number of nitrogens with zero attached hydrogens (tertiary/aromatic N) is 2. The summed E-state index contributed by atoms with van der Waals surface area (Å²) in [5, 5.41) is 7.17. The SMILES string of the molecule is COc1ccccc1Nc1ncnc2scc(-c3ccc(Cl)cc3)c12. The Morgan fingerprint density at radius 1 is 1.04 bits per heavy atom. The fourth-order valence-electron chi connectivity index (χ4n) is 2.69. The number of para-hydroxylation sites is 2. The number of hydrogen-bond donors (Lipinski definition) is 1. The van der Waals surface area contributed by atoms with Crippen LogP contribution in [-0.4, -0.2) is 17.1 Å². The van der Waals surface area contributed by atoms with Crippen molar-refractivity contribution >= 4 is 44.7 Å². The lowest BCUT2D eigenvalue weighted by Crippen LogP contribution is -1.97. The Balaban J connectivity index is 1.84. The van der Waals surface area contributed by atoms with Crippen LogP contribution in [0.25, 0.3) is 21.3 Å². The summed E-state index contributed by atoms with van der Waals surface area (Å²) >= 11 is 7.61. The zero-order valence-electron chi connectivity index (χ0n) is 13.4. The van der Waals surface area contributed by atoms with Crippen LogP contribution in [-0.2, 0) is 0 Å². The van der Waals surface area contributed by atoms with Crippen molar-refractivity contribution in [1.29, 1.82) is 0 Å². The minimum Gasteiger partial charge on any atom is -0.495 e. The van der Waals surface area contributed by atoms with E-state index in [1.807, 2.05) is 48.5 Å². The van der Waals surface area contributed by atoms with Crippen LogP contribution in [0.4, 0.5) is 11.5 Å². The van der Waals surface area contributed by atoms with Gasteiger partial charge in [-0.25, -0.2) is 9.97 Å². The van der Waals surface area contributed by atoms with Gasteiger partial charge in [0.1, 0.15) is 22.7 Å². The van der Waals surface area contributed by atoms with E-state index in [1.54, 1.807) is 24.8 Å². The molecule has 6 heteroatoms. The maximum atomic E-state index is 6.01. The topological polar surface area (TPSA) is 47.0 Å². The first kappa shape index (κ1) is 15.9. The molecule has 0 saturated carbocycles. The summed E-state index contributed by atoms with van der Waals surface area (Å²) in [5.41, 5.74) is 3.02. The van der Waals surface area contributed by atoms with Gasteiger partial charge in [0.15, 0.2) is 0 Å². The second kappa shape index (κ2) is 6.70. The standard InChI is InChI=1S/C19H14ClN3OS/c1-24-16-5-3-2-4-15(16)23-18-17-14(10-25-19(17)22-11-21-18)12-6-8-13(20)9-7-12/h2-11H,1H3,(H,21,22,23). The second-order valence-corrected chi connectivity index (χ2v) is 6.68. The summed E-state index contributed by atoms with van der Waals surface area (Å²) < 4.78 is 5.42. The summed E-state index contributed by atoms with van der Waals surface area (Å²) in [5.74, 6) is 1.51. The number of aromatic nitrogens is 2. The third-order valence-corrected chi connectivity index (χ3v) is 5.02. The van der Waals surface area contributed by atoms with Crippen LogP contribution in [0, 0.1) is 0 Å². The molecule has 0 aliphatic heterocycles. The maximum Gasteiger partial charge on any atom is 0.143 e. The lowest BCUT2D eigenvalue weighted by molar-refractivity contribution is 0.417. The number of halogens is 1. The van der Waals surface area contributed by atoms with Gasteiger partial charge >= 0.3 is 0 Å². The molecule has 2 aromatic carbocycles. The number of ether oxygens (including phenoxy) is 1. The number of thiophene rings is 1. The highest BCUT2D eigenvalue weighted by Crippen LogP contribution is 2.38. The molecule has 0 fully saturated rings. The van der Waals surface area contributed by atoms with E-state index in [2.05, 4.69) is 20.7 Å². The predicted octanol–water partition coefficient (Wildman–Crippen LogP) is 5.76. The minimum atomic E-state index is 0.715. The third kappa shape index (κ3) is 3.04. The molecule has 2 aromatic heterocycles. The molecule has 0 radical (unpaired) electrons. The molecule has 4 aromatic rings. The van der Waals surface area contributed by atoms with Crippen molar-refractivity contribution < 1.29 is 4.74 Å². The highest BCUT2D eigenvalue weighted by Gasteiger charge is 2.14. The predicted molar refractivity (Wildman–Crippen MR) is 104 cm³/mol. The van der Waals surface area contributed by atoms with E-state index in [0.717, 1.165) is 38.6 Å². The van der Waals surface area contributed by atoms with Gasteiger partial charge in [-0.1, -0.05) is 35.9 Å². The van der Waals surface area contributed by atoms with Gasteiger partial charge in [-0.15, -0.1) is 11.3 Å². The summed E-state index contributed by atoms with van der Waals surface area (Å²) in [6, 6.07) is 15.5. The second-order valence-electron chi connectivity index (χ2n) is 5.38. The van der Waals surface area contributed by atoms with Gasteiger partial charge in [-0.3, -0.25) is 0 Å². The monoisotopic (exact) mass is 367 g/mol. The summed E-state index contributed by atoms with van der Waals surface area (Å²) in [7, 11) is 1.65. The Morgan fingerprint density at radius 3 is 2.64 bits per heavy atom. The molecule has 1 N–H and O–H groups in total. The van der Waals surface area contributed by atoms with Gasteiger partial charge in [0.2, 0.25) is 0 Å². The van der Waals surface area contributed by atoms with Crippen molar-refractivity contribution in [3.05, 3.63) is 65.3 Å². The average Bonchev–Trinajstić information content (AvgIpc) is 3.08. The van der Waals surface area contributed by atoms with Gasteiger partial charge in [-0.05, 0) is 29.8 Å². The molecule has 0 aliphatic carbocycles. The van der Waals surface area contributed by atoms with Crippen LogP contribution in [0.2, 0.25) is 5.02 Å². The highest BCUT2D eigenvalue weighted by atomic mass is 35.5. The molecule has 0 unspecified atom stereocenters. The molecular weight excluding hydrogens is 354 g/mol. The van der Waals surface area contributed by atoms with Gasteiger partial charge in [0.25, 0.3) is 0 Å². The normalized spacial score (nSPS) is 10.8. The van der Waals surface area contributed by atoms with E-state index in [0.29, 0.717) is 5.02 Å². The molecule has 0 atom stereocenters. The maximum absolute atomic E-state index is 6.01. The number of anilines is 2. The van der Waals surface area contributed by atoms with Gasteiger partial charge in [-0.2, -0.15) is 0 Å². The lowest BCUT2D eigenvalue weighted by atomic mass is 10.1. The van der Waals surface area contributed by atoms with E-state index in [9.17, 15) is 0 Å². The smallest absolute Gasteiger partial charge is 0.143 e. The molecule has 4 rings (SSSR count). The molecule has 0 bridgehead atoms. The van der Waals surface area contributed by atoms with E-state index in [1.165, 1.54) is 0 Å². The first-order valence-electron chi connectivity index (χ1n) is 7.64. The number of rotatable bonds is 4. The van der Waals surface area contributed by atoms with Crippen molar-refractivity contribution in [1.82, 2.24) is 9.97 Å². The molecule has 124 valence electrons. The van der Waals surface area contributed by atoms with Crippen LogP contribution in [0.5, 0.6) is 5.75 Å². The third-order valence-electron chi connectivity index (χ3n) is 3.89. The summed E-state index contributed by atoms with van der Waals surface area (Å²) in [6.07, 6.45) is 1.57. The van der Waals surface area contributed by atoms with Crippen LogP contribution >= 0.6 is 22.9 Å². The molecule has 0 spiro atoms. The van der Waals surface area contributed by atoms with Crippen molar-refractivity contribution in [2.45, 2.75) is 0 Å². The van der Waals surface area contributed by atoms with Gasteiger partial charge in [0, 0.05) is 16.0 Å². The Bertz CT molecular complexity index is 1030. The zero-order valence-corrected chi connectivity index (χ0v) is 14.9. The van der Waals surface area contributed by atoms with Crippen molar-refractivity contribution in [3.8, 4) is 16.9 Å². The van der Waals surface area contributed by atoms with Crippen LogP contribution in [0.1, 0.15) is 0 Å². The largest absolute Gasteiger partial charge is 0.495 e. The number of benzene rings is 2. The van der Waals surface area contributed by atoms with Crippen molar-refractivity contribution in [2.75, 3.05) is 12.4 Å². The Kier molecular flexibility index (Phi) is 4.26. The van der Waals surface area contributed by atoms with Gasteiger partial charge < -0.3 is 10.1 Å². The van der Waals surface area contributed by atoms with E-state index in [4.69, 9.17) is 16.3 Å². The molecule has 25 heavy (non-hydrogen) atoms. The molecule has 2 heterocycles. The Morgan fingerprint density at radius 2 is 1.84 bits per heavy atom. The molecule has 0 aliphatic rings. The Hall–Kier alpha value is -2.63. The highest BCUT2D eigenvalue weighted by molar-refractivity contribution is 7.17. The first-order chi connectivity index (χ1) is 12.3. The lowest BCUT2D eigenvalue weighted by Gasteiger charge is -2.11. The first-order valence-corrected chi connectivity index (χ1v) is 8.90. The minimum absolute atomic E-state index is 0.715. The number of nitrogens with one attached hydrogen (secondary N) is 1. The van der Waals surface area contributed by atoms with E-state index >= 15 is 0 Å². The van der Waals surface area contributed by atoms with Crippen LogP contribution in [0.15, 0.2) is 60.2 Å². The van der Waals surface area contributed by atoms with E-state index in [-0.39, 0.29) is 0 Å². The summed E-state index contributed by atoms with van der Waals surface area (Å²) in [4.78, 5) is 9.78. The van der Waals surface area contributed by atoms with E-state index < -0.39 is 0 Å². The quantitative estimate of drug-likeness (QED) is 0.497. The molecule has 0 amide bonds. The fourth-order valence-corrected chi connectivity index (χ4v) is 3.73. The summed E-state index contributed by atoms with van der Waals surface area (Å²) in [6.45, 7) is 0. The molecule has 4 nitrogen and oxygen atoms in total. The zero-order chi connectivity index (χ0) is 17.2. The van der Waals surface area contributed by atoms with Crippen LogP contribution in [0.3, 0.4) is 0 Å². The Labute approximate surface area is 154 Å². The average molecular weight is 368 g/mol. The van der Waals surface area contributed by atoms with Crippen molar-refractivity contribution in [2.24, 2.45) is 0 Å². The van der Waals surface area contributed by atoms with Crippen LogP contribution < -0.4 is 10.1 Å². The molecule has 0 saturated heterocycles. The van der Waals surface area contributed by atoms with Crippen molar-refractivity contribution in [3.63, 3.8) is 0 Å². The number of fused-ring (bicyclic) bond motifs is 1.